The molecule has 120 valence electrons. The molecule has 5 nitrogen and oxygen atoms in total. The topological polar surface area (TPSA) is 46.2 Å². The van der Waals surface area contributed by atoms with E-state index in [1.807, 2.05) is 37.4 Å². The lowest BCUT2D eigenvalue weighted by atomic mass is 10.1. The lowest BCUT2D eigenvalue weighted by Crippen LogP contribution is -2.42. The first-order chi connectivity index (χ1) is 11.1. The Bertz CT molecular complexity index is 597. The molecule has 0 radical (unpaired) electrons. The van der Waals surface area contributed by atoms with Crippen molar-refractivity contribution in [2.75, 3.05) is 14.2 Å². The average molecular weight is 330 g/mol. The number of hydrogen-bond donors (Lipinski definition) is 0. The number of terminal acetylenes is 3. The van der Waals surface area contributed by atoms with Crippen molar-refractivity contribution in [1.29, 1.82) is 0 Å². The highest BCUT2D eigenvalue weighted by molar-refractivity contribution is 6.61. The third kappa shape index (κ3) is 4.54. The van der Waals surface area contributed by atoms with Gasteiger partial charge in [0, 0.05) is 5.56 Å². The predicted octanol–water partition coefficient (Wildman–Crippen LogP) is 2.32. The molecule has 0 amide bonds. The van der Waals surface area contributed by atoms with E-state index in [0.29, 0.717) is 17.9 Å². The van der Waals surface area contributed by atoms with Crippen molar-refractivity contribution in [3.8, 4) is 49.1 Å². The van der Waals surface area contributed by atoms with Gasteiger partial charge in [0.25, 0.3) is 0 Å². The number of hydrogen-bond acceptors (Lipinski definition) is 5. The average Bonchev–Trinajstić information content (AvgIpc) is 2.53. The number of methoxy groups -OCH3 is 2. The minimum absolute atomic E-state index is 0.265. The zero-order valence-electron chi connectivity index (χ0n) is 13.3. The van der Waals surface area contributed by atoms with E-state index in [9.17, 15) is 0 Å². The van der Waals surface area contributed by atoms with Crippen LogP contribution in [-0.4, -0.2) is 23.0 Å². The monoisotopic (exact) mass is 330 g/mol. The summed E-state index contributed by atoms with van der Waals surface area (Å²) < 4.78 is 26.3. The van der Waals surface area contributed by atoms with Crippen molar-refractivity contribution in [2.45, 2.75) is 19.4 Å². The molecule has 23 heavy (non-hydrogen) atoms. The Morgan fingerprint density at radius 3 is 1.70 bits per heavy atom. The molecule has 0 fully saturated rings. The number of aryl methyl sites for hydroxylation is 1. The van der Waals surface area contributed by atoms with Crippen LogP contribution in [0, 0.1) is 44.5 Å². The van der Waals surface area contributed by atoms with Gasteiger partial charge in [-0.15, -0.1) is 0 Å². The van der Waals surface area contributed by atoms with E-state index in [-0.39, 0.29) is 6.04 Å². The van der Waals surface area contributed by atoms with E-state index in [4.69, 9.17) is 42.0 Å². The molecule has 0 aliphatic heterocycles. The molecule has 0 saturated heterocycles. The highest BCUT2D eigenvalue weighted by Gasteiger charge is 2.48. The third-order valence-corrected chi connectivity index (χ3v) is 5.23. The van der Waals surface area contributed by atoms with Crippen LogP contribution < -0.4 is 9.47 Å². The van der Waals surface area contributed by atoms with Gasteiger partial charge in [-0.05, 0) is 31.0 Å². The first-order valence-electron chi connectivity index (χ1n) is 6.68. The van der Waals surface area contributed by atoms with Crippen LogP contribution in [0.15, 0.2) is 12.1 Å². The molecule has 0 N–H and O–H groups in total. The van der Waals surface area contributed by atoms with Crippen LogP contribution in [0.1, 0.15) is 11.1 Å². The lowest BCUT2D eigenvalue weighted by molar-refractivity contribution is 0.212. The van der Waals surface area contributed by atoms with Crippen molar-refractivity contribution >= 4 is 8.80 Å². The summed E-state index contributed by atoms with van der Waals surface area (Å²) in [4.78, 5) is 0. The van der Waals surface area contributed by atoms with Gasteiger partial charge in [-0.2, -0.15) is 0 Å². The van der Waals surface area contributed by atoms with Crippen LogP contribution in [-0.2, 0) is 19.7 Å². The molecular formula is C17H18O5Si. The van der Waals surface area contributed by atoms with Gasteiger partial charge in [0.2, 0.25) is 0 Å². The normalized spacial score (nSPS) is 9.74. The summed E-state index contributed by atoms with van der Waals surface area (Å²) in [7, 11) is -0.224. The van der Waals surface area contributed by atoms with E-state index in [1.54, 1.807) is 14.2 Å². The van der Waals surface area contributed by atoms with E-state index in [2.05, 4.69) is 0 Å². The first kappa shape index (κ1) is 18.2. The standard InChI is InChI=1S/C17H18O5Si/c1-7-20-23(21-8-2,22-9-3)11-10-15-16(18-5)12-14(4)13-17(15)19-6/h1-3,12-13H,10-11H2,4-6H3. The van der Waals surface area contributed by atoms with Gasteiger partial charge < -0.3 is 22.8 Å². The van der Waals surface area contributed by atoms with Crippen LogP contribution in [0.25, 0.3) is 0 Å². The Kier molecular flexibility index (Phi) is 6.74. The molecule has 0 spiro atoms. The number of rotatable bonds is 8. The van der Waals surface area contributed by atoms with Gasteiger partial charge in [-0.3, -0.25) is 0 Å². The molecule has 0 saturated carbocycles. The van der Waals surface area contributed by atoms with Crippen molar-refractivity contribution in [2.24, 2.45) is 0 Å². The second kappa shape index (κ2) is 8.53. The van der Waals surface area contributed by atoms with Crippen LogP contribution in [0.2, 0.25) is 6.04 Å². The maximum Gasteiger partial charge on any atom is 0.725 e. The fourth-order valence-electron chi connectivity index (χ4n) is 2.12. The molecule has 1 rings (SSSR count). The smallest absolute Gasteiger partial charge is 0.496 e. The fourth-order valence-corrected chi connectivity index (χ4v) is 3.65. The Hall–Kier alpha value is -2.88. The van der Waals surface area contributed by atoms with E-state index >= 15 is 0 Å². The quantitative estimate of drug-likeness (QED) is 0.541. The maximum atomic E-state index is 5.41. The van der Waals surface area contributed by atoms with E-state index in [0.717, 1.165) is 11.1 Å². The Morgan fingerprint density at radius 1 is 0.913 bits per heavy atom. The molecular weight excluding hydrogens is 312 g/mol. The Balaban J connectivity index is 3.13. The molecule has 0 aromatic heterocycles. The Labute approximate surface area is 138 Å². The second-order valence-corrected chi connectivity index (χ2v) is 6.97. The fraction of sp³-hybridized carbons (Fsp3) is 0.294. The minimum Gasteiger partial charge on any atom is -0.496 e. The van der Waals surface area contributed by atoms with E-state index < -0.39 is 8.80 Å². The highest BCUT2D eigenvalue weighted by Crippen LogP contribution is 2.33. The van der Waals surface area contributed by atoms with Gasteiger partial charge >= 0.3 is 8.80 Å². The zero-order chi connectivity index (χ0) is 17.3. The molecule has 0 heterocycles. The Morgan fingerprint density at radius 2 is 1.35 bits per heavy atom. The third-order valence-electron chi connectivity index (χ3n) is 3.08. The summed E-state index contributed by atoms with van der Waals surface area (Å²) in [6.45, 7) is 1.94. The summed E-state index contributed by atoms with van der Waals surface area (Å²) in [6.07, 6.45) is 22.1. The van der Waals surface area contributed by atoms with E-state index in [1.165, 1.54) is 0 Å². The van der Waals surface area contributed by atoms with Crippen molar-refractivity contribution in [3.63, 3.8) is 0 Å². The van der Waals surface area contributed by atoms with Crippen molar-refractivity contribution in [3.05, 3.63) is 23.3 Å². The van der Waals surface area contributed by atoms with Gasteiger partial charge in [-0.1, -0.05) is 19.3 Å². The molecule has 0 aliphatic carbocycles. The highest BCUT2D eigenvalue weighted by atomic mass is 28.4. The summed E-state index contributed by atoms with van der Waals surface area (Å²) in [5.74, 6) is 1.35. The number of benzene rings is 1. The molecule has 0 unspecified atom stereocenters. The largest absolute Gasteiger partial charge is 0.725 e. The van der Waals surface area contributed by atoms with Crippen LogP contribution in [0.5, 0.6) is 11.5 Å². The van der Waals surface area contributed by atoms with Crippen molar-refractivity contribution < 1.29 is 22.8 Å². The number of ether oxygens (including phenoxy) is 2. The first-order valence-corrected chi connectivity index (χ1v) is 8.61. The summed E-state index contributed by atoms with van der Waals surface area (Å²) in [5.41, 5.74) is 1.82. The molecule has 6 heteroatoms. The molecule has 1 aromatic rings. The van der Waals surface area contributed by atoms with Crippen LogP contribution in [0.3, 0.4) is 0 Å². The van der Waals surface area contributed by atoms with Gasteiger partial charge in [0.15, 0.2) is 0 Å². The lowest BCUT2D eigenvalue weighted by Gasteiger charge is -2.22. The maximum absolute atomic E-state index is 5.41. The molecule has 1 aromatic carbocycles. The van der Waals surface area contributed by atoms with Crippen LogP contribution in [0.4, 0.5) is 0 Å². The molecule has 0 atom stereocenters. The molecule has 0 bridgehead atoms. The summed E-state index contributed by atoms with van der Waals surface area (Å²) in [5, 5.41) is 0. The SMILES string of the molecule is C#CO[Si](CCc1c(OC)cc(C)cc1OC)(OC#C)OC#C. The van der Waals surface area contributed by atoms with Crippen LogP contribution >= 0.6 is 0 Å². The van der Waals surface area contributed by atoms with Gasteiger partial charge in [-0.25, -0.2) is 0 Å². The predicted molar refractivity (Wildman–Crippen MR) is 88.3 cm³/mol. The summed E-state index contributed by atoms with van der Waals surface area (Å²) >= 11 is 0. The zero-order valence-corrected chi connectivity index (χ0v) is 14.3. The van der Waals surface area contributed by atoms with Gasteiger partial charge in [0.05, 0.1) is 38.6 Å². The van der Waals surface area contributed by atoms with Gasteiger partial charge in [0.1, 0.15) is 11.5 Å². The van der Waals surface area contributed by atoms with Crippen molar-refractivity contribution in [1.82, 2.24) is 0 Å². The molecule has 0 aliphatic rings. The second-order valence-electron chi connectivity index (χ2n) is 4.49. The minimum atomic E-state index is -3.38. The summed E-state index contributed by atoms with van der Waals surface area (Å²) in [6, 6.07) is 4.06.